The van der Waals surface area contributed by atoms with Gasteiger partial charge in [0.25, 0.3) is 0 Å². The number of fused-ring (bicyclic) bond motifs is 1. The zero-order valence-corrected chi connectivity index (χ0v) is 4.72. The minimum Gasteiger partial charge on any atom is -0.349 e. The molecule has 1 aromatic rings. The van der Waals surface area contributed by atoms with Crippen LogP contribution in [0.2, 0.25) is 0 Å². The molecule has 0 radical (unpaired) electrons. The van der Waals surface area contributed by atoms with Crippen LogP contribution >= 0.6 is 0 Å². The number of nitrogens with one attached hydrogen (secondary N) is 1. The molecule has 1 N–H and O–H groups in total. The molecule has 2 nitrogen and oxygen atoms in total. The smallest absolute Gasteiger partial charge is 0.204 e. The fraction of sp³-hybridized carbons (Fsp3) is 0. The Hall–Kier alpha value is -1.31. The first-order chi connectivity index (χ1) is 4.38. The zero-order valence-electron chi connectivity index (χ0n) is 4.72. The van der Waals surface area contributed by atoms with Crippen molar-refractivity contribution >= 4 is 11.4 Å². The van der Waals surface area contributed by atoms with E-state index < -0.39 is 0 Å². The second-order valence-corrected chi connectivity index (χ2v) is 2.00. The van der Waals surface area contributed by atoms with E-state index in [1.54, 1.807) is 12.1 Å². The van der Waals surface area contributed by atoms with Crippen LogP contribution in [0.15, 0.2) is 29.1 Å². The molecule has 0 aliphatic carbocycles. The Kier molecular flexibility index (Phi) is 0.681. The van der Waals surface area contributed by atoms with Crippen molar-refractivity contribution < 1.29 is 0 Å². The fourth-order valence-electron chi connectivity index (χ4n) is 0.801. The molecular weight excluding hydrogens is 114 g/mol. The van der Waals surface area contributed by atoms with E-state index in [0.717, 1.165) is 11.4 Å². The summed E-state index contributed by atoms with van der Waals surface area (Å²) < 4.78 is 0. The van der Waals surface area contributed by atoms with Crippen molar-refractivity contribution in [1.29, 1.82) is 0 Å². The maximum absolute atomic E-state index is 10.8. The van der Waals surface area contributed by atoms with Gasteiger partial charge in [0.1, 0.15) is 5.69 Å². The van der Waals surface area contributed by atoms with Crippen molar-refractivity contribution in [2.24, 2.45) is 0 Å². The molecule has 0 fully saturated rings. The molecule has 1 heterocycles. The number of anilines is 2. The van der Waals surface area contributed by atoms with Crippen molar-refractivity contribution in [2.45, 2.75) is 0 Å². The summed E-state index contributed by atoms with van der Waals surface area (Å²) in [7, 11) is 0. The molecule has 0 bridgehead atoms. The summed E-state index contributed by atoms with van der Waals surface area (Å²) in [5.74, 6) is 0. The van der Waals surface area contributed by atoms with Crippen LogP contribution in [0.5, 0.6) is 0 Å². The lowest BCUT2D eigenvalue weighted by Crippen LogP contribution is -1.88. The Morgan fingerprint density at radius 1 is 1.22 bits per heavy atom. The molecule has 0 aromatic heterocycles. The largest absolute Gasteiger partial charge is 0.349 e. The average Bonchev–Trinajstić information content (AvgIpc) is 2.55. The molecular formula is C7H5NO. The molecule has 1 aliphatic rings. The van der Waals surface area contributed by atoms with Gasteiger partial charge in [-0.3, -0.25) is 4.79 Å². The van der Waals surface area contributed by atoms with Gasteiger partial charge < -0.3 is 5.32 Å². The Morgan fingerprint density at radius 2 is 2.00 bits per heavy atom. The van der Waals surface area contributed by atoms with Crippen LogP contribution < -0.4 is 10.7 Å². The van der Waals surface area contributed by atoms with Crippen LogP contribution in [0.3, 0.4) is 0 Å². The van der Waals surface area contributed by atoms with Gasteiger partial charge in [0.2, 0.25) is 5.43 Å². The minimum absolute atomic E-state index is 0.0787. The van der Waals surface area contributed by atoms with E-state index in [9.17, 15) is 4.79 Å². The van der Waals surface area contributed by atoms with E-state index in [-0.39, 0.29) is 5.43 Å². The highest BCUT2D eigenvalue weighted by Crippen LogP contribution is 2.32. The molecule has 44 valence electrons. The van der Waals surface area contributed by atoms with Gasteiger partial charge in [0.15, 0.2) is 0 Å². The lowest BCUT2D eigenvalue weighted by Gasteiger charge is -1.64. The summed E-state index contributed by atoms with van der Waals surface area (Å²) >= 11 is 0. The molecule has 1 aliphatic heterocycles. The molecule has 0 saturated carbocycles. The molecule has 0 spiro atoms. The lowest BCUT2D eigenvalue weighted by atomic mass is 10.5. The van der Waals surface area contributed by atoms with E-state index in [1.165, 1.54) is 0 Å². The maximum atomic E-state index is 10.8. The quantitative estimate of drug-likeness (QED) is 0.527. The molecule has 0 unspecified atom stereocenters. The van der Waals surface area contributed by atoms with Gasteiger partial charge in [0, 0.05) is 0 Å². The molecule has 9 heavy (non-hydrogen) atoms. The van der Waals surface area contributed by atoms with Gasteiger partial charge in [-0.1, -0.05) is 12.1 Å². The first-order valence-electron chi connectivity index (χ1n) is 2.78. The SMILES string of the molecule is O=c1ccccc2c1N2. The standard InChI is InChI=1S/C7H5NO/c9-6-4-2-1-3-5-7(6)8-5/h1-4,8H. The highest BCUT2D eigenvalue weighted by Gasteiger charge is 2.15. The molecule has 0 atom stereocenters. The normalized spacial score (nSPS) is 11.6. The number of hydrogen-bond acceptors (Lipinski definition) is 2. The lowest BCUT2D eigenvalue weighted by molar-refractivity contribution is 1.71. The van der Waals surface area contributed by atoms with Crippen molar-refractivity contribution in [2.75, 3.05) is 5.32 Å². The summed E-state index contributed by atoms with van der Waals surface area (Å²) in [6, 6.07) is 7.03. The summed E-state index contributed by atoms with van der Waals surface area (Å²) in [6.45, 7) is 0. The van der Waals surface area contributed by atoms with Crippen LogP contribution in [-0.4, -0.2) is 0 Å². The van der Waals surface area contributed by atoms with Gasteiger partial charge in [-0.15, -0.1) is 0 Å². The first-order valence-corrected chi connectivity index (χ1v) is 2.78. The van der Waals surface area contributed by atoms with Crippen molar-refractivity contribution in [3.8, 4) is 0 Å². The van der Waals surface area contributed by atoms with Gasteiger partial charge in [-0.25, -0.2) is 0 Å². The van der Waals surface area contributed by atoms with Gasteiger partial charge in [-0.05, 0) is 12.1 Å². The molecule has 2 heteroatoms. The topological polar surface area (TPSA) is 39.0 Å². The summed E-state index contributed by atoms with van der Waals surface area (Å²) in [5.41, 5.74) is 1.79. The molecule has 1 aromatic carbocycles. The Bertz CT molecular complexity index is 306. The molecule has 0 amide bonds. The van der Waals surface area contributed by atoms with Crippen LogP contribution in [0.4, 0.5) is 11.4 Å². The van der Waals surface area contributed by atoms with E-state index in [0.29, 0.717) is 0 Å². The van der Waals surface area contributed by atoms with E-state index in [2.05, 4.69) is 5.32 Å². The second kappa shape index (κ2) is 1.35. The summed E-state index contributed by atoms with van der Waals surface area (Å²) in [4.78, 5) is 10.8. The Morgan fingerprint density at radius 3 is 2.89 bits per heavy atom. The zero-order chi connectivity index (χ0) is 6.27. The van der Waals surface area contributed by atoms with Crippen molar-refractivity contribution in [3.63, 3.8) is 0 Å². The predicted octanol–water partition coefficient (Wildman–Crippen LogP) is 1.10. The third-order valence-electron chi connectivity index (χ3n) is 1.33. The van der Waals surface area contributed by atoms with Crippen LogP contribution in [-0.2, 0) is 0 Å². The highest BCUT2D eigenvalue weighted by atomic mass is 16.1. The minimum atomic E-state index is 0.0787. The van der Waals surface area contributed by atoms with Gasteiger partial charge in [-0.2, -0.15) is 0 Å². The number of hydrogen-bond donors (Lipinski definition) is 1. The Labute approximate surface area is 52.1 Å². The van der Waals surface area contributed by atoms with Crippen LogP contribution in [0.1, 0.15) is 0 Å². The van der Waals surface area contributed by atoms with Crippen molar-refractivity contribution in [1.82, 2.24) is 0 Å². The van der Waals surface area contributed by atoms with E-state index >= 15 is 0 Å². The van der Waals surface area contributed by atoms with Gasteiger partial charge in [0.05, 0.1) is 5.69 Å². The van der Waals surface area contributed by atoms with Crippen LogP contribution in [0.25, 0.3) is 0 Å². The number of rotatable bonds is 0. The monoisotopic (exact) mass is 119 g/mol. The molecule has 0 saturated heterocycles. The van der Waals surface area contributed by atoms with Crippen LogP contribution in [0, 0.1) is 0 Å². The molecule has 2 rings (SSSR count). The third-order valence-corrected chi connectivity index (χ3v) is 1.33. The Balaban J connectivity index is 2.86. The predicted molar refractivity (Wildman–Crippen MR) is 36.0 cm³/mol. The van der Waals surface area contributed by atoms with E-state index in [4.69, 9.17) is 0 Å². The second-order valence-electron chi connectivity index (χ2n) is 2.00. The van der Waals surface area contributed by atoms with E-state index in [1.807, 2.05) is 12.1 Å². The first kappa shape index (κ1) is 4.56. The summed E-state index contributed by atoms with van der Waals surface area (Å²) in [5, 5.41) is 2.87. The van der Waals surface area contributed by atoms with Crippen molar-refractivity contribution in [3.05, 3.63) is 34.5 Å². The van der Waals surface area contributed by atoms with Gasteiger partial charge >= 0.3 is 0 Å². The average molecular weight is 119 g/mol. The third kappa shape index (κ3) is 0.598. The highest BCUT2D eigenvalue weighted by molar-refractivity contribution is 5.88. The summed E-state index contributed by atoms with van der Waals surface area (Å²) in [6.07, 6.45) is 0. The maximum Gasteiger partial charge on any atom is 0.204 e. The fourth-order valence-corrected chi connectivity index (χ4v) is 0.801.